The molecular weight excluding hydrogens is 248 g/mol. The maximum Gasteiger partial charge on any atom is 0.140 e. The first-order chi connectivity index (χ1) is 8.39. The van der Waals surface area contributed by atoms with E-state index in [9.17, 15) is 0 Å². The van der Waals surface area contributed by atoms with Gasteiger partial charge in [0.2, 0.25) is 0 Å². The summed E-state index contributed by atoms with van der Waals surface area (Å²) in [4.78, 5) is 3.82. The van der Waals surface area contributed by atoms with Gasteiger partial charge in [-0.25, -0.2) is 0 Å². The van der Waals surface area contributed by atoms with Crippen LogP contribution < -0.4 is 11.5 Å². The van der Waals surface area contributed by atoms with Crippen molar-refractivity contribution < 1.29 is 4.74 Å². The fraction of sp³-hybridized carbons (Fsp3) is 0.583. The van der Waals surface area contributed by atoms with E-state index in [4.69, 9.17) is 21.6 Å². The van der Waals surface area contributed by atoms with Crippen LogP contribution in [0, 0.1) is 5.41 Å². The lowest BCUT2D eigenvalue weighted by molar-refractivity contribution is 0.0680. The SMILES string of the molecule is CC(C)(N)c1cc(N)c(C(=N)N2CCOCC2)s1. The first kappa shape index (κ1) is 13.3. The summed E-state index contributed by atoms with van der Waals surface area (Å²) in [6.45, 7) is 6.72. The van der Waals surface area contributed by atoms with Crippen LogP contribution >= 0.6 is 11.3 Å². The van der Waals surface area contributed by atoms with Gasteiger partial charge in [0, 0.05) is 23.5 Å². The molecule has 2 rings (SSSR count). The zero-order valence-electron chi connectivity index (χ0n) is 10.8. The monoisotopic (exact) mass is 268 g/mol. The third-order valence-electron chi connectivity index (χ3n) is 2.94. The van der Waals surface area contributed by atoms with Gasteiger partial charge in [-0.15, -0.1) is 11.3 Å². The fourth-order valence-electron chi connectivity index (χ4n) is 1.84. The van der Waals surface area contributed by atoms with Gasteiger partial charge in [0.25, 0.3) is 0 Å². The van der Waals surface area contributed by atoms with Gasteiger partial charge in [0.05, 0.1) is 23.8 Å². The number of nitrogens with two attached hydrogens (primary N) is 2. The van der Waals surface area contributed by atoms with Crippen LogP contribution in [0.25, 0.3) is 0 Å². The summed E-state index contributed by atoms with van der Waals surface area (Å²) in [6, 6.07) is 1.88. The standard InChI is InChI=1S/C12H20N4OS/c1-12(2,15)9-7-8(13)10(18-9)11(14)16-3-5-17-6-4-16/h7,14H,3-6,13,15H2,1-2H3. The predicted molar refractivity (Wildman–Crippen MR) is 75.2 cm³/mol. The molecule has 5 N–H and O–H groups in total. The van der Waals surface area contributed by atoms with Gasteiger partial charge in [0.15, 0.2) is 0 Å². The number of rotatable bonds is 2. The quantitative estimate of drug-likeness (QED) is 0.555. The molecule has 18 heavy (non-hydrogen) atoms. The average Bonchev–Trinajstić information content (AvgIpc) is 2.71. The largest absolute Gasteiger partial charge is 0.397 e. The van der Waals surface area contributed by atoms with Gasteiger partial charge in [0.1, 0.15) is 5.84 Å². The van der Waals surface area contributed by atoms with Crippen molar-refractivity contribution >= 4 is 22.9 Å². The number of amidine groups is 1. The van der Waals surface area contributed by atoms with Crippen LogP contribution in [0.15, 0.2) is 6.07 Å². The van der Waals surface area contributed by atoms with Crippen molar-refractivity contribution in [3.63, 3.8) is 0 Å². The summed E-state index contributed by atoms with van der Waals surface area (Å²) < 4.78 is 5.29. The summed E-state index contributed by atoms with van der Waals surface area (Å²) in [5, 5.41) is 8.24. The second kappa shape index (κ2) is 4.87. The van der Waals surface area contributed by atoms with E-state index in [2.05, 4.69) is 0 Å². The minimum atomic E-state index is -0.414. The van der Waals surface area contributed by atoms with E-state index in [0.29, 0.717) is 24.7 Å². The van der Waals surface area contributed by atoms with Crippen LogP contribution in [0.1, 0.15) is 23.6 Å². The van der Waals surface area contributed by atoms with Crippen molar-refractivity contribution in [2.45, 2.75) is 19.4 Å². The number of thiophene rings is 1. The van der Waals surface area contributed by atoms with Gasteiger partial charge in [-0.05, 0) is 19.9 Å². The van der Waals surface area contributed by atoms with Crippen molar-refractivity contribution in [1.29, 1.82) is 5.41 Å². The van der Waals surface area contributed by atoms with Crippen LogP contribution in [0.4, 0.5) is 5.69 Å². The molecule has 1 aromatic rings. The molecule has 100 valence electrons. The maximum atomic E-state index is 8.24. The van der Waals surface area contributed by atoms with Gasteiger partial charge in [-0.1, -0.05) is 0 Å². The lowest BCUT2D eigenvalue weighted by atomic mass is 10.1. The fourth-order valence-corrected chi connectivity index (χ4v) is 2.91. The van der Waals surface area contributed by atoms with Gasteiger partial charge < -0.3 is 21.1 Å². The number of nitrogen functional groups attached to an aromatic ring is 1. The molecule has 0 unspecified atom stereocenters. The summed E-state index contributed by atoms with van der Waals surface area (Å²) >= 11 is 1.51. The molecule has 1 saturated heterocycles. The molecule has 2 heterocycles. The topological polar surface area (TPSA) is 88.4 Å². The number of ether oxygens (including phenoxy) is 1. The Morgan fingerprint density at radius 2 is 2.06 bits per heavy atom. The normalized spacial score (nSPS) is 16.9. The predicted octanol–water partition coefficient (Wildman–Crippen LogP) is 1.18. The van der Waals surface area contributed by atoms with Crippen LogP contribution in [0.5, 0.6) is 0 Å². The van der Waals surface area contributed by atoms with Crippen LogP contribution in [0.2, 0.25) is 0 Å². The van der Waals surface area contributed by atoms with E-state index in [1.165, 1.54) is 11.3 Å². The Morgan fingerprint density at radius 1 is 1.44 bits per heavy atom. The van der Waals surface area contributed by atoms with E-state index < -0.39 is 5.54 Å². The van der Waals surface area contributed by atoms with Crippen molar-refractivity contribution in [2.24, 2.45) is 5.73 Å². The molecule has 1 fully saturated rings. The Hall–Kier alpha value is -1.11. The zero-order valence-corrected chi connectivity index (χ0v) is 11.6. The van der Waals surface area contributed by atoms with Crippen LogP contribution in [-0.2, 0) is 10.3 Å². The first-order valence-corrected chi connectivity index (χ1v) is 6.81. The third-order valence-corrected chi connectivity index (χ3v) is 4.44. The molecule has 1 aliphatic heterocycles. The summed E-state index contributed by atoms with van der Waals surface area (Å²) in [5.41, 5.74) is 12.3. The molecule has 0 radical (unpaired) electrons. The van der Waals surface area contributed by atoms with Crippen molar-refractivity contribution in [1.82, 2.24) is 4.90 Å². The zero-order chi connectivity index (χ0) is 13.3. The molecule has 0 amide bonds. The van der Waals surface area contributed by atoms with Crippen LogP contribution in [-0.4, -0.2) is 37.0 Å². The molecule has 0 bridgehead atoms. The molecular formula is C12H20N4OS. The maximum absolute atomic E-state index is 8.24. The van der Waals surface area contributed by atoms with E-state index in [1.807, 2.05) is 24.8 Å². The molecule has 6 heteroatoms. The number of anilines is 1. The van der Waals surface area contributed by atoms with Gasteiger partial charge >= 0.3 is 0 Å². The average molecular weight is 268 g/mol. The lowest BCUT2D eigenvalue weighted by Crippen LogP contribution is -2.40. The Balaban J connectivity index is 2.22. The molecule has 0 saturated carbocycles. The number of nitrogens with one attached hydrogen (secondary N) is 1. The van der Waals surface area contributed by atoms with Gasteiger partial charge in [-0.3, -0.25) is 5.41 Å². The molecule has 0 aliphatic carbocycles. The second-order valence-corrected chi connectivity index (χ2v) is 6.12. The molecule has 0 spiro atoms. The van der Waals surface area contributed by atoms with Gasteiger partial charge in [-0.2, -0.15) is 0 Å². The molecule has 1 aliphatic rings. The summed E-state index contributed by atoms with van der Waals surface area (Å²) in [6.07, 6.45) is 0. The molecule has 0 atom stereocenters. The minimum Gasteiger partial charge on any atom is -0.397 e. The number of nitrogens with zero attached hydrogens (tertiary/aromatic N) is 1. The Kier molecular flexibility index (Phi) is 3.61. The number of morpholine rings is 1. The highest BCUT2D eigenvalue weighted by molar-refractivity contribution is 7.14. The Labute approximate surface area is 111 Å². The smallest absolute Gasteiger partial charge is 0.140 e. The number of hydrogen-bond acceptors (Lipinski definition) is 5. The molecule has 1 aromatic heterocycles. The van der Waals surface area contributed by atoms with Crippen molar-refractivity contribution in [2.75, 3.05) is 32.0 Å². The van der Waals surface area contributed by atoms with E-state index in [0.717, 1.165) is 22.8 Å². The third kappa shape index (κ3) is 2.66. The highest BCUT2D eigenvalue weighted by atomic mass is 32.1. The number of hydrogen-bond donors (Lipinski definition) is 3. The van der Waals surface area contributed by atoms with E-state index in [1.54, 1.807) is 0 Å². The van der Waals surface area contributed by atoms with Crippen molar-refractivity contribution in [3.05, 3.63) is 15.8 Å². The lowest BCUT2D eigenvalue weighted by Gasteiger charge is -2.28. The van der Waals surface area contributed by atoms with Crippen LogP contribution in [0.3, 0.4) is 0 Å². The second-order valence-electron chi connectivity index (χ2n) is 5.06. The highest BCUT2D eigenvalue weighted by Gasteiger charge is 2.23. The molecule has 0 aromatic carbocycles. The summed E-state index contributed by atoms with van der Waals surface area (Å²) in [7, 11) is 0. The van der Waals surface area contributed by atoms with E-state index in [-0.39, 0.29) is 0 Å². The minimum absolute atomic E-state index is 0.414. The Bertz CT molecular complexity index is 443. The summed E-state index contributed by atoms with van der Waals surface area (Å²) in [5.74, 6) is 0.483. The highest BCUT2D eigenvalue weighted by Crippen LogP contribution is 2.32. The van der Waals surface area contributed by atoms with E-state index >= 15 is 0 Å². The Morgan fingerprint density at radius 3 is 2.56 bits per heavy atom. The molecule has 5 nitrogen and oxygen atoms in total. The van der Waals surface area contributed by atoms with Crippen molar-refractivity contribution in [3.8, 4) is 0 Å². The first-order valence-electron chi connectivity index (χ1n) is 6.00.